The lowest BCUT2D eigenvalue weighted by Crippen LogP contribution is -2.46. The second-order valence-corrected chi connectivity index (χ2v) is 6.90. The van der Waals surface area contributed by atoms with Gasteiger partial charge in [-0.15, -0.1) is 0 Å². The van der Waals surface area contributed by atoms with Crippen LogP contribution in [0.4, 0.5) is 13.2 Å². The van der Waals surface area contributed by atoms with E-state index in [1.54, 1.807) is 24.3 Å². The summed E-state index contributed by atoms with van der Waals surface area (Å²) >= 11 is 0. The summed E-state index contributed by atoms with van der Waals surface area (Å²) in [7, 11) is 0. The van der Waals surface area contributed by atoms with E-state index in [-0.39, 0.29) is 5.60 Å². The molecule has 1 atom stereocenters. The average molecular weight is 330 g/mol. The van der Waals surface area contributed by atoms with Gasteiger partial charge in [-0.25, -0.2) is 0 Å². The van der Waals surface area contributed by atoms with Crippen LogP contribution in [0.1, 0.15) is 38.8 Å². The molecular formula is C17H25F3N2O. The largest absolute Gasteiger partial charge is 0.488 e. The monoisotopic (exact) mass is 330 g/mol. The first-order valence-corrected chi connectivity index (χ1v) is 7.94. The van der Waals surface area contributed by atoms with Crippen molar-refractivity contribution in [2.45, 2.75) is 45.0 Å². The van der Waals surface area contributed by atoms with Crippen LogP contribution < -0.4 is 10.1 Å². The molecule has 0 aliphatic carbocycles. The summed E-state index contributed by atoms with van der Waals surface area (Å²) in [5.74, 6) is 0.673. The van der Waals surface area contributed by atoms with Crippen molar-refractivity contribution in [3.8, 4) is 5.75 Å². The van der Waals surface area contributed by atoms with Crippen molar-refractivity contribution in [1.29, 1.82) is 0 Å². The number of halogens is 3. The Kier molecular flexibility index (Phi) is 5.57. The summed E-state index contributed by atoms with van der Waals surface area (Å²) in [5.41, 5.74) is 0.358. The molecule has 0 unspecified atom stereocenters. The van der Waals surface area contributed by atoms with Crippen LogP contribution in [0.5, 0.6) is 5.75 Å². The maximum Gasteiger partial charge on any atom is 0.390 e. The minimum absolute atomic E-state index is 0.328. The highest BCUT2D eigenvalue weighted by Crippen LogP contribution is 2.34. The van der Waals surface area contributed by atoms with Crippen LogP contribution >= 0.6 is 0 Å². The Morgan fingerprint density at radius 2 is 1.65 bits per heavy atom. The molecule has 0 saturated carbocycles. The predicted octanol–water partition coefficient (Wildman–Crippen LogP) is 3.76. The Bertz CT molecular complexity index is 488. The molecule has 23 heavy (non-hydrogen) atoms. The zero-order valence-corrected chi connectivity index (χ0v) is 13.9. The number of ether oxygens (including phenoxy) is 1. The third-order valence-electron chi connectivity index (χ3n) is 3.71. The fraction of sp³-hybridized carbons (Fsp3) is 0.647. The summed E-state index contributed by atoms with van der Waals surface area (Å²) < 4.78 is 44.7. The van der Waals surface area contributed by atoms with E-state index in [1.165, 1.54) is 0 Å². The van der Waals surface area contributed by atoms with Crippen molar-refractivity contribution in [3.05, 3.63) is 29.8 Å². The lowest BCUT2D eigenvalue weighted by atomic mass is 10.0. The lowest BCUT2D eigenvalue weighted by Gasteiger charge is -2.35. The maximum atomic E-state index is 13.0. The molecule has 1 N–H and O–H groups in total. The first-order chi connectivity index (χ1) is 10.6. The fourth-order valence-corrected chi connectivity index (χ4v) is 2.78. The number of piperazine rings is 1. The van der Waals surface area contributed by atoms with Gasteiger partial charge in [-0.3, -0.25) is 4.90 Å². The topological polar surface area (TPSA) is 24.5 Å². The van der Waals surface area contributed by atoms with Crippen LogP contribution in [0.2, 0.25) is 0 Å². The molecule has 3 nitrogen and oxygen atoms in total. The maximum absolute atomic E-state index is 13.0. The van der Waals surface area contributed by atoms with Crippen molar-refractivity contribution in [2.75, 3.05) is 26.2 Å². The minimum atomic E-state index is -4.18. The van der Waals surface area contributed by atoms with E-state index in [1.807, 2.05) is 25.7 Å². The summed E-state index contributed by atoms with van der Waals surface area (Å²) in [4.78, 5) is 1.91. The normalized spacial score (nSPS) is 18.7. The van der Waals surface area contributed by atoms with Gasteiger partial charge in [0.05, 0.1) is 6.42 Å². The van der Waals surface area contributed by atoms with E-state index in [0.717, 1.165) is 13.1 Å². The van der Waals surface area contributed by atoms with Gasteiger partial charge >= 0.3 is 6.18 Å². The van der Waals surface area contributed by atoms with Gasteiger partial charge in [-0.05, 0) is 38.5 Å². The van der Waals surface area contributed by atoms with E-state index in [4.69, 9.17) is 4.74 Å². The quantitative estimate of drug-likeness (QED) is 0.910. The van der Waals surface area contributed by atoms with Gasteiger partial charge in [0.25, 0.3) is 0 Å². The molecule has 0 amide bonds. The van der Waals surface area contributed by atoms with Crippen molar-refractivity contribution < 1.29 is 17.9 Å². The zero-order valence-electron chi connectivity index (χ0n) is 13.9. The molecular weight excluding hydrogens is 305 g/mol. The smallest absolute Gasteiger partial charge is 0.390 e. The van der Waals surface area contributed by atoms with Gasteiger partial charge in [0.15, 0.2) is 0 Å². The van der Waals surface area contributed by atoms with Crippen molar-refractivity contribution >= 4 is 0 Å². The minimum Gasteiger partial charge on any atom is -0.488 e. The van der Waals surface area contributed by atoms with E-state index in [2.05, 4.69) is 5.32 Å². The fourth-order valence-electron chi connectivity index (χ4n) is 2.78. The number of nitrogens with zero attached hydrogens (tertiary/aromatic N) is 1. The van der Waals surface area contributed by atoms with Gasteiger partial charge in [0.2, 0.25) is 0 Å². The van der Waals surface area contributed by atoms with Crippen LogP contribution in [0.3, 0.4) is 0 Å². The van der Waals surface area contributed by atoms with Crippen LogP contribution in [-0.2, 0) is 0 Å². The second kappa shape index (κ2) is 7.09. The van der Waals surface area contributed by atoms with Crippen molar-refractivity contribution in [2.24, 2.45) is 0 Å². The van der Waals surface area contributed by atoms with Gasteiger partial charge in [0, 0.05) is 32.2 Å². The Morgan fingerprint density at radius 3 is 2.13 bits per heavy atom. The molecule has 2 rings (SSSR count). The van der Waals surface area contributed by atoms with Gasteiger partial charge in [-0.2, -0.15) is 13.2 Å². The summed E-state index contributed by atoms with van der Waals surface area (Å²) in [6.45, 7) is 8.51. The summed E-state index contributed by atoms with van der Waals surface area (Å²) in [5, 5.41) is 3.18. The Morgan fingerprint density at radius 1 is 1.09 bits per heavy atom. The van der Waals surface area contributed by atoms with Crippen molar-refractivity contribution in [1.82, 2.24) is 10.2 Å². The van der Waals surface area contributed by atoms with Crippen LogP contribution in [0.25, 0.3) is 0 Å². The molecule has 6 heteroatoms. The van der Waals surface area contributed by atoms with Crippen molar-refractivity contribution in [3.63, 3.8) is 0 Å². The Labute approximate surface area is 135 Å². The highest BCUT2D eigenvalue weighted by molar-refractivity contribution is 5.30. The number of alkyl halides is 3. The third kappa shape index (κ3) is 6.03. The van der Waals surface area contributed by atoms with Crippen LogP contribution in [0, 0.1) is 0 Å². The van der Waals surface area contributed by atoms with Gasteiger partial charge in [-0.1, -0.05) is 12.1 Å². The highest BCUT2D eigenvalue weighted by Gasteiger charge is 2.35. The second-order valence-electron chi connectivity index (χ2n) is 6.90. The molecule has 0 bridgehead atoms. The number of benzene rings is 1. The molecule has 1 aromatic rings. The predicted molar refractivity (Wildman–Crippen MR) is 84.7 cm³/mol. The standard InChI is InChI=1S/C17H25F3N2O/c1-16(2,3)23-14-6-4-13(5-7-14)15(12-17(18,19)20)22-10-8-21-9-11-22/h4-7,15,21H,8-12H2,1-3H3/t15-/m1/s1. The zero-order chi connectivity index (χ0) is 17.1. The number of rotatable bonds is 4. The Hall–Kier alpha value is -1.27. The molecule has 0 spiro atoms. The molecule has 1 aromatic carbocycles. The number of hydrogen-bond acceptors (Lipinski definition) is 3. The van der Waals surface area contributed by atoms with Gasteiger partial charge < -0.3 is 10.1 Å². The summed E-state index contributed by atoms with van der Waals surface area (Å²) in [6.07, 6.45) is -5.01. The van der Waals surface area contributed by atoms with E-state index >= 15 is 0 Å². The molecule has 1 aliphatic heterocycles. The lowest BCUT2D eigenvalue weighted by molar-refractivity contribution is -0.148. The summed E-state index contributed by atoms with van der Waals surface area (Å²) in [6, 6.07) is 6.37. The first-order valence-electron chi connectivity index (χ1n) is 7.94. The van der Waals surface area contributed by atoms with E-state index in [0.29, 0.717) is 24.4 Å². The Balaban J connectivity index is 2.17. The van der Waals surface area contributed by atoms with E-state index in [9.17, 15) is 13.2 Å². The van der Waals surface area contributed by atoms with Crippen LogP contribution in [0.15, 0.2) is 24.3 Å². The SMILES string of the molecule is CC(C)(C)Oc1ccc([C@@H](CC(F)(F)F)N2CCNCC2)cc1. The number of hydrogen-bond donors (Lipinski definition) is 1. The molecule has 1 heterocycles. The first kappa shape index (κ1) is 18.1. The molecule has 1 fully saturated rings. The molecule has 130 valence electrons. The highest BCUT2D eigenvalue weighted by atomic mass is 19.4. The molecule has 0 aromatic heterocycles. The average Bonchev–Trinajstić information content (AvgIpc) is 2.44. The molecule has 0 radical (unpaired) electrons. The molecule has 1 aliphatic rings. The van der Waals surface area contributed by atoms with E-state index < -0.39 is 18.6 Å². The van der Waals surface area contributed by atoms with Crippen LogP contribution in [-0.4, -0.2) is 42.9 Å². The third-order valence-corrected chi connectivity index (χ3v) is 3.71. The number of nitrogens with one attached hydrogen (secondary N) is 1. The molecule has 1 saturated heterocycles. The van der Waals surface area contributed by atoms with Gasteiger partial charge in [0.1, 0.15) is 11.4 Å².